The fourth-order valence-electron chi connectivity index (χ4n) is 5.71. The summed E-state index contributed by atoms with van der Waals surface area (Å²) in [7, 11) is 0. The van der Waals surface area contributed by atoms with Crippen molar-refractivity contribution in [3.8, 4) is 17.6 Å². The van der Waals surface area contributed by atoms with Gasteiger partial charge < -0.3 is 19.1 Å². The molecule has 0 unspecified atom stereocenters. The molecular formula is C33H33ClN4O4. The minimum atomic E-state index is -0.969. The van der Waals surface area contributed by atoms with Crippen molar-refractivity contribution in [2.24, 2.45) is 0 Å². The molecule has 0 saturated carbocycles. The van der Waals surface area contributed by atoms with Gasteiger partial charge in [0.05, 0.1) is 46.6 Å². The van der Waals surface area contributed by atoms with Crippen LogP contribution in [-0.2, 0) is 24.4 Å². The first-order valence-corrected chi connectivity index (χ1v) is 14.7. The van der Waals surface area contributed by atoms with Crippen LogP contribution in [0.15, 0.2) is 54.7 Å². The maximum absolute atomic E-state index is 11.9. The number of halogens is 1. The predicted octanol–water partition coefficient (Wildman–Crippen LogP) is 5.90. The first-order valence-electron chi connectivity index (χ1n) is 14.3. The van der Waals surface area contributed by atoms with Crippen LogP contribution in [0.1, 0.15) is 65.1 Å². The summed E-state index contributed by atoms with van der Waals surface area (Å²) in [6.45, 7) is 6.13. The molecular weight excluding hydrogens is 552 g/mol. The van der Waals surface area contributed by atoms with Crippen LogP contribution in [0.5, 0.6) is 5.75 Å². The van der Waals surface area contributed by atoms with E-state index in [4.69, 9.17) is 26.1 Å². The molecule has 2 aromatic heterocycles. The van der Waals surface area contributed by atoms with Crippen LogP contribution in [-0.4, -0.2) is 56.3 Å². The van der Waals surface area contributed by atoms with Crippen LogP contribution in [0.4, 0.5) is 0 Å². The summed E-state index contributed by atoms with van der Waals surface area (Å²) in [5.74, 6) is 7.22. The predicted molar refractivity (Wildman–Crippen MR) is 161 cm³/mol. The average molecular weight is 585 g/mol. The molecule has 0 aliphatic carbocycles. The summed E-state index contributed by atoms with van der Waals surface area (Å²) >= 11 is 5.94. The SMILES string of the molecule is CC#Cc1cc(C(=O)O)cc2c1nc(CN1CCC(c3cccc(OCc4ccc(Cl)cn4)c3)CC1)n2C[C@@H]1CCO1. The van der Waals surface area contributed by atoms with Crippen LogP contribution >= 0.6 is 11.6 Å². The molecule has 1 N–H and O–H groups in total. The van der Waals surface area contributed by atoms with Gasteiger partial charge in [0.15, 0.2) is 0 Å². The van der Waals surface area contributed by atoms with E-state index in [2.05, 4.69) is 44.5 Å². The van der Waals surface area contributed by atoms with E-state index < -0.39 is 5.97 Å². The number of carbonyl (C=O) groups is 1. The lowest BCUT2D eigenvalue weighted by atomic mass is 9.89. The summed E-state index contributed by atoms with van der Waals surface area (Å²) in [6, 6.07) is 15.4. The number of hydrogen-bond donors (Lipinski definition) is 1. The van der Waals surface area contributed by atoms with E-state index in [9.17, 15) is 9.90 Å². The number of fused-ring (bicyclic) bond motifs is 1. The number of ether oxygens (including phenoxy) is 2. The minimum Gasteiger partial charge on any atom is -0.487 e. The van der Waals surface area contributed by atoms with E-state index in [1.165, 1.54) is 5.56 Å². The minimum absolute atomic E-state index is 0.117. The van der Waals surface area contributed by atoms with Gasteiger partial charge in [-0.15, -0.1) is 5.92 Å². The Balaban J connectivity index is 1.16. The quantitative estimate of drug-likeness (QED) is 0.245. The molecule has 0 amide bonds. The molecule has 2 aliphatic heterocycles. The number of pyridine rings is 1. The van der Waals surface area contributed by atoms with Gasteiger partial charge in [0.1, 0.15) is 23.7 Å². The Bertz CT molecular complexity index is 1640. The zero-order valence-electron chi connectivity index (χ0n) is 23.6. The van der Waals surface area contributed by atoms with E-state index >= 15 is 0 Å². The summed E-state index contributed by atoms with van der Waals surface area (Å²) in [6.07, 6.45) is 4.80. The summed E-state index contributed by atoms with van der Waals surface area (Å²) < 4.78 is 13.9. The third-order valence-corrected chi connectivity index (χ3v) is 8.30. The van der Waals surface area contributed by atoms with Gasteiger partial charge in [-0.1, -0.05) is 29.7 Å². The number of carboxylic acid groups (broad SMARTS) is 1. The van der Waals surface area contributed by atoms with Crippen LogP contribution in [0.2, 0.25) is 5.02 Å². The second-order valence-electron chi connectivity index (χ2n) is 10.9. The number of benzene rings is 2. The Labute approximate surface area is 250 Å². The zero-order chi connectivity index (χ0) is 29.1. The van der Waals surface area contributed by atoms with Crippen molar-refractivity contribution in [1.82, 2.24) is 19.4 Å². The third-order valence-electron chi connectivity index (χ3n) is 8.08. The standard InChI is InChI=1S/C33H33ClN4O4/c1-2-4-24-15-25(33(39)40)17-30-32(24)36-31(38(30)19-29-11-14-41-29)20-37-12-9-22(10-13-37)23-5-3-6-28(16-23)42-21-27-8-7-26(34)18-35-27/h3,5-8,15-18,22,29H,9-14,19-21H2,1H3,(H,39,40)/t29-/m0/s1. The highest BCUT2D eigenvalue weighted by Gasteiger charge is 2.26. The van der Waals surface area contributed by atoms with Crippen molar-refractivity contribution < 1.29 is 19.4 Å². The smallest absolute Gasteiger partial charge is 0.335 e. The number of aromatic carboxylic acids is 1. The Morgan fingerprint density at radius 3 is 2.69 bits per heavy atom. The van der Waals surface area contributed by atoms with Crippen molar-refractivity contribution in [2.45, 2.75) is 57.9 Å². The first-order chi connectivity index (χ1) is 20.5. The number of rotatable bonds is 9. The summed E-state index contributed by atoms with van der Waals surface area (Å²) in [4.78, 5) is 23.6. The van der Waals surface area contributed by atoms with Crippen molar-refractivity contribution >= 4 is 28.6 Å². The molecule has 2 aliphatic rings. The van der Waals surface area contributed by atoms with Gasteiger partial charge in [0.2, 0.25) is 0 Å². The molecule has 42 heavy (non-hydrogen) atoms. The fraction of sp³-hybridized carbons (Fsp3) is 0.364. The van der Waals surface area contributed by atoms with Crippen LogP contribution in [0, 0.1) is 11.8 Å². The van der Waals surface area contributed by atoms with Gasteiger partial charge >= 0.3 is 5.97 Å². The molecule has 1 atom stereocenters. The molecule has 4 aromatic rings. The van der Waals surface area contributed by atoms with E-state index in [1.807, 2.05) is 18.2 Å². The van der Waals surface area contributed by atoms with Crippen LogP contribution in [0.25, 0.3) is 11.0 Å². The Hall–Kier alpha value is -3.90. The molecule has 0 bridgehead atoms. The highest BCUT2D eigenvalue weighted by molar-refractivity contribution is 6.30. The Morgan fingerprint density at radius 1 is 1.17 bits per heavy atom. The van der Waals surface area contributed by atoms with Gasteiger partial charge in [0, 0.05) is 12.8 Å². The largest absolute Gasteiger partial charge is 0.487 e. The van der Waals surface area contributed by atoms with Gasteiger partial charge in [-0.3, -0.25) is 9.88 Å². The maximum Gasteiger partial charge on any atom is 0.335 e. The lowest BCUT2D eigenvalue weighted by Gasteiger charge is -2.33. The van der Waals surface area contributed by atoms with E-state index in [1.54, 1.807) is 25.3 Å². The maximum atomic E-state index is 11.9. The molecule has 8 nitrogen and oxygen atoms in total. The fourth-order valence-corrected chi connectivity index (χ4v) is 5.82. The molecule has 0 radical (unpaired) electrons. The lowest BCUT2D eigenvalue weighted by molar-refractivity contribution is -0.0592. The molecule has 2 saturated heterocycles. The summed E-state index contributed by atoms with van der Waals surface area (Å²) in [5, 5.41) is 10.3. The van der Waals surface area contributed by atoms with Gasteiger partial charge in [0.25, 0.3) is 0 Å². The number of carboxylic acids is 1. The van der Waals surface area contributed by atoms with Crippen molar-refractivity contribution in [3.05, 3.63) is 88.0 Å². The first kappa shape index (κ1) is 28.2. The molecule has 0 spiro atoms. The molecule has 2 aromatic carbocycles. The number of nitrogens with zero attached hydrogens (tertiary/aromatic N) is 4. The number of piperidine rings is 1. The highest BCUT2D eigenvalue weighted by Crippen LogP contribution is 2.32. The topological polar surface area (TPSA) is 89.7 Å². The van der Waals surface area contributed by atoms with Gasteiger partial charge in [-0.05, 0) is 87.2 Å². The van der Waals surface area contributed by atoms with E-state index in [0.29, 0.717) is 36.2 Å². The molecule has 2 fully saturated rings. The van der Waals surface area contributed by atoms with Crippen molar-refractivity contribution in [3.63, 3.8) is 0 Å². The van der Waals surface area contributed by atoms with Gasteiger partial charge in [-0.2, -0.15) is 0 Å². The van der Waals surface area contributed by atoms with Crippen LogP contribution in [0.3, 0.4) is 0 Å². The molecule has 216 valence electrons. The lowest BCUT2D eigenvalue weighted by Crippen LogP contribution is -2.35. The second kappa shape index (κ2) is 12.5. The van der Waals surface area contributed by atoms with Crippen molar-refractivity contribution in [1.29, 1.82) is 0 Å². The number of hydrogen-bond acceptors (Lipinski definition) is 6. The molecule has 6 rings (SSSR count). The third kappa shape index (κ3) is 6.29. The highest BCUT2D eigenvalue weighted by atomic mass is 35.5. The van der Waals surface area contributed by atoms with Gasteiger partial charge in [-0.25, -0.2) is 9.78 Å². The normalized spacial score (nSPS) is 17.4. The van der Waals surface area contributed by atoms with Crippen molar-refractivity contribution in [2.75, 3.05) is 19.7 Å². The van der Waals surface area contributed by atoms with E-state index in [0.717, 1.165) is 67.3 Å². The molecule has 9 heteroatoms. The average Bonchev–Trinajstić information content (AvgIpc) is 3.32. The molecule has 4 heterocycles. The number of aromatic nitrogens is 3. The zero-order valence-corrected chi connectivity index (χ0v) is 24.3. The number of likely N-dealkylation sites (tertiary alicyclic amines) is 1. The second-order valence-corrected chi connectivity index (χ2v) is 11.3. The Kier molecular flexibility index (Phi) is 8.43. The van der Waals surface area contributed by atoms with E-state index in [-0.39, 0.29) is 11.7 Å². The van der Waals surface area contributed by atoms with Crippen LogP contribution < -0.4 is 4.74 Å². The number of imidazole rings is 1. The Morgan fingerprint density at radius 2 is 2.00 bits per heavy atom. The summed E-state index contributed by atoms with van der Waals surface area (Å²) in [5.41, 5.74) is 4.55. The monoisotopic (exact) mass is 584 g/mol.